The van der Waals surface area contributed by atoms with Crippen LogP contribution >= 0.6 is 22.6 Å². The van der Waals surface area contributed by atoms with Crippen LogP contribution < -0.4 is 19.7 Å². The molecule has 0 saturated carbocycles. The van der Waals surface area contributed by atoms with Crippen LogP contribution in [0.4, 0.5) is 16.2 Å². The number of barbiturate groups is 1. The van der Waals surface area contributed by atoms with Gasteiger partial charge < -0.3 is 9.47 Å². The third kappa shape index (κ3) is 4.72. The largest absolute Gasteiger partial charge is 0.490 e. The van der Waals surface area contributed by atoms with E-state index in [0.29, 0.717) is 33.8 Å². The Morgan fingerprint density at radius 1 is 1.09 bits per heavy atom. The van der Waals surface area contributed by atoms with Crippen LogP contribution in [0.3, 0.4) is 0 Å². The van der Waals surface area contributed by atoms with Crippen molar-refractivity contribution in [1.82, 2.24) is 5.32 Å². The van der Waals surface area contributed by atoms with Gasteiger partial charge in [-0.15, -0.1) is 0 Å². The van der Waals surface area contributed by atoms with E-state index in [0.717, 1.165) is 4.90 Å². The molecule has 2 aromatic carbocycles. The number of carbonyl (C=O) groups is 3. The second-order valence-electron chi connectivity index (χ2n) is 6.43. The first kappa shape index (κ1) is 23.2. The predicted molar refractivity (Wildman–Crippen MR) is 124 cm³/mol. The lowest BCUT2D eigenvalue weighted by molar-refractivity contribution is -0.384. The molecule has 1 heterocycles. The standard InChI is InChI=1S/C21H18IN3O7/c1-3-31-17-11-12(10-16(22)18(17)32-4-2)9-15-19(26)23-21(28)24(20(15)27)13-5-7-14(8-6-13)25(29)30/h5-11H,3-4H2,1-2H3,(H,23,26,28)/b15-9+. The first-order valence-electron chi connectivity index (χ1n) is 9.51. The molecule has 4 amide bonds. The molecule has 1 aliphatic rings. The fraction of sp³-hybridized carbons (Fsp3) is 0.190. The van der Waals surface area contributed by atoms with Crippen molar-refractivity contribution in [1.29, 1.82) is 0 Å². The maximum Gasteiger partial charge on any atom is 0.335 e. The van der Waals surface area contributed by atoms with Gasteiger partial charge in [-0.25, -0.2) is 9.69 Å². The number of nitro groups is 1. The monoisotopic (exact) mass is 551 g/mol. The molecule has 0 aliphatic carbocycles. The average Bonchev–Trinajstić information content (AvgIpc) is 2.74. The number of non-ortho nitro benzene ring substituents is 1. The number of hydrogen-bond donors (Lipinski definition) is 1. The van der Waals surface area contributed by atoms with Gasteiger partial charge >= 0.3 is 6.03 Å². The molecule has 0 atom stereocenters. The van der Waals surface area contributed by atoms with E-state index in [1.54, 1.807) is 12.1 Å². The van der Waals surface area contributed by atoms with Gasteiger partial charge in [0.05, 0.1) is 27.4 Å². The molecule has 1 fully saturated rings. The summed E-state index contributed by atoms with van der Waals surface area (Å²) in [7, 11) is 0. The van der Waals surface area contributed by atoms with E-state index in [2.05, 4.69) is 27.9 Å². The second-order valence-corrected chi connectivity index (χ2v) is 7.59. The molecule has 10 nitrogen and oxygen atoms in total. The minimum absolute atomic E-state index is 0.0905. The molecule has 166 valence electrons. The van der Waals surface area contributed by atoms with Crippen LogP contribution in [0.5, 0.6) is 11.5 Å². The number of nitrogens with zero attached hydrogens (tertiary/aromatic N) is 2. The molecule has 0 aromatic heterocycles. The number of ether oxygens (including phenoxy) is 2. The van der Waals surface area contributed by atoms with Crippen molar-refractivity contribution in [2.75, 3.05) is 18.1 Å². The summed E-state index contributed by atoms with van der Waals surface area (Å²) in [5.74, 6) is -0.686. The fourth-order valence-corrected chi connectivity index (χ4v) is 3.78. The normalized spacial score (nSPS) is 15.0. The summed E-state index contributed by atoms with van der Waals surface area (Å²) in [5, 5.41) is 13.0. The molecule has 2 aromatic rings. The van der Waals surface area contributed by atoms with E-state index < -0.39 is 22.8 Å². The molecule has 0 radical (unpaired) electrons. The van der Waals surface area contributed by atoms with Crippen LogP contribution in [0.2, 0.25) is 0 Å². The quantitative estimate of drug-likeness (QED) is 0.183. The minimum atomic E-state index is -0.942. The third-order valence-corrected chi connectivity index (χ3v) is 5.15. The first-order chi connectivity index (χ1) is 15.3. The summed E-state index contributed by atoms with van der Waals surface area (Å²) < 4.78 is 12.0. The Kier molecular flexibility index (Phi) is 7.08. The van der Waals surface area contributed by atoms with Gasteiger partial charge in [-0.2, -0.15) is 0 Å². The smallest absolute Gasteiger partial charge is 0.335 e. The molecular weight excluding hydrogens is 533 g/mol. The average molecular weight is 551 g/mol. The van der Waals surface area contributed by atoms with Gasteiger partial charge in [0.1, 0.15) is 5.57 Å². The zero-order valence-electron chi connectivity index (χ0n) is 17.1. The van der Waals surface area contributed by atoms with Crippen molar-refractivity contribution in [2.24, 2.45) is 0 Å². The van der Waals surface area contributed by atoms with Crippen LogP contribution in [-0.4, -0.2) is 36.0 Å². The summed E-state index contributed by atoms with van der Waals surface area (Å²) in [6, 6.07) is 7.26. The predicted octanol–water partition coefficient (Wildman–Crippen LogP) is 3.66. The summed E-state index contributed by atoms with van der Waals surface area (Å²) in [4.78, 5) is 48.8. The van der Waals surface area contributed by atoms with Crippen LogP contribution in [0, 0.1) is 13.7 Å². The van der Waals surface area contributed by atoms with E-state index in [9.17, 15) is 24.5 Å². The van der Waals surface area contributed by atoms with Gasteiger partial charge in [-0.05, 0) is 72.3 Å². The first-order valence-corrected chi connectivity index (χ1v) is 10.6. The van der Waals surface area contributed by atoms with Gasteiger partial charge in [0.25, 0.3) is 17.5 Å². The minimum Gasteiger partial charge on any atom is -0.490 e. The number of imide groups is 2. The van der Waals surface area contributed by atoms with E-state index in [4.69, 9.17) is 9.47 Å². The Balaban J connectivity index is 2.01. The summed E-state index contributed by atoms with van der Waals surface area (Å²) in [6.45, 7) is 4.48. The van der Waals surface area contributed by atoms with E-state index >= 15 is 0 Å². The molecule has 1 aliphatic heterocycles. The molecule has 1 N–H and O–H groups in total. The number of anilines is 1. The Bertz CT molecular complexity index is 1130. The maximum absolute atomic E-state index is 13.0. The van der Waals surface area contributed by atoms with E-state index in [1.807, 2.05) is 13.8 Å². The van der Waals surface area contributed by atoms with Crippen molar-refractivity contribution in [2.45, 2.75) is 13.8 Å². The number of nitro benzene ring substituents is 1. The third-order valence-electron chi connectivity index (χ3n) is 4.35. The lowest BCUT2D eigenvalue weighted by Crippen LogP contribution is -2.54. The van der Waals surface area contributed by atoms with Gasteiger partial charge in [0.15, 0.2) is 11.5 Å². The van der Waals surface area contributed by atoms with Crippen LogP contribution in [0.15, 0.2) is 42.0 Å². The number of benzene rings is 2. The van der Waals surface area contributed by atoms with Crippen molar-refractivity contribution < 1.29 is 28.8 Å². The lowest BCUT2D eigenvalue weighted by Gasteiger charge is -2.26. The molecule has 0 spiro atoms. The number of halogens is 1. The summed E-state index contributed by atoms with van der Waals surface area (Å²) >= 11 is 2.07. The highest BCUT2D eigenvalue weighted by Crippen LogP contribution is 2.35. The molecule has 1 saturated heterocycles. The highest BCUT2D eigenvalue weighted by Gasteiger charge is 2.37. The molecule has 32 heavy (non-hydrogen) atoms. The fourth-order valence-electron chi connectivity index (χ4n) is 3.00. The highest BCUT2D eigenvalue weighted by atomic mass is 127. The number of urea groups is 1. The SMILES string of the molecule is CCOc1cc(/C=C2\C(=O)NC(=O)N(c3ccc([N+](=O)[O-])cc3)C2=O)cc(I)c1OCC. The van der Waals surface area contributed by atoms with Gasteiger partial charge in [-0.1, -0.05) is 0 Å². The number of rotatable bonds is 7. The van der Waals surface area contributed by atoms with Gasteiger partial charge in [0, 0.05) is 12.1 Å². The molecule has 0 unspecified atom stereocenters. The van der Waals surface area contributed by atoms with Crippen molar-refractivity contribution >= 4 is 57.9 Å². The van der Waals surface area contributed by atoms with Gasteiger partial charge in [0.2, 0.25) is 0 Å². The molecule has 11 heteroatoms. The Labute approximate surface area is 196 Å². The van der Waals surface area contributed by atoms with E-state index in [-0.39, 0.29) is 16.9 Å². The number of amides is 4. The molecule has 3 rings (SSSR count). The van der Waals surface area contributed by atoms with Crippen LogP contribution in [0.1, 0.15) is 19.4 Å². The topological polar surface area (TPSA) is 128 Å². The van der Waals surface area contributed by atoms with Crippen LogP contribution in [-0.2, 0) is 9.59 Å². The van der Waals surface area contributed by atoms with Crippen molar-refractivity contribution in [3.05, 3.63) is 61.2 Å². The van der Waals surface area contributed by atoms with Crippen molar-refractivity contribution in [3.8, 4) is 11.5 Å². The van der Waals surface area contributed by atoms with Gasteiger partial charge in [-0.3, -0.25) is 25.0 Å². The Morgan fingerprint density at radius 2 is 1.75 bits per heavy atom. The Hall–Kier alpha value is -3.48. The van der Waals surface area contributed by atoms with Crippen molar-refractivity contribution in [3.63, 3.8) is 0 Å². The summed E-state index contributed by atoms with van der Waals surface area (Å²) in [5.41, 5.74) is 0.119. The number of hydrogen-bond acceptors (Lipinski definition) is 7. The number of nitrogens with one attached hydrogen (secondary N) is 1. The highest BCUT2D eigenvalue weighted by molar-refractivity contribution is 14.1. The zero-order chi connectivity index (χ0) is 23.4. The summed E-state index contributed by atoms with van der Waals surface area (Å²) in [6.07, 6.45) is 1.35. The second kappa shape index (κ2) is 9.77. The number of carbonyl (C=O) groups excluding carboxylic acids is 3. The maximum atomic E-state index is 13.0. The van der Waals surface area contributed by atoms with Crippen LogP contribution in [0.25, 0.3) is 6.08 Å². The zero-order valence-corrected chi connectivity index (χ0v) is 19.2. The Morgan fingerprint density at radius 3 is 2.34 bits per heavy atom. The molecular formula is C21H18IN3O7. The van der Waals surface area contributed by atoms with E-state index in [1.165, 1.54) is 30.3 Å². The lowest BCUT2D eigenvalue weighted by atomic mass is 10.1. The molecule has 0 bridgehead atoms.